The molecule has 0 saturated heterocycles. The van der Waals surface area contributed by atoms with Crippen LogP contribution in [0.2, 0.25) is 0 Å². The Kier molecular flexibility index (Phi) is 8.18. The Bertz CT molecular complexity index is 841. The highest BCUT2D eigenvalue weighted by molar-refractivity contribution is 5.81. The maximum absolute atomic E-state index is 13.0. The molecule has 2 N–H and O–H groups in total. The predicted octanol–water partition coefficient (Wildman–Crippen LogP) is 3.94. The minimum Gasteiger partial charge on any atom is -0.490 e. The van der Waals surface area contributed by atoms with Gasteiger partial charge in [-0.25, -0.2) is 0 Å². The number of carbonyl (C=O) groups excluding carboxylic acids is 1. The molecule has 2 aromatic rings. The van der Waals surface area contributed by atoms with Gasteiger partial charge >= 0.3 is 0 Å². The Morgan fingerprint density at radius 2 is 1.81 bits per heavy atom. The number of ether oxygens (including phenoxy) is 2. The molecule has 2 unspecified atom stereocenters. The Hall–Kier alpha value is -2.73. The molecule has 6 nitrogen and oxygen atoms in total. The fourth-order valence-corrected chi connectivity index (χ4v) is 3.68. The molecule has 0 aliphatic carbocycles. The largest absolute Gasteiger partial charge is 0.490 e. The standard InChI is InChI=1S/C25H34N2O4/c1-4-21(28)16-27(20-9-6-5-7-10-20)17-24(29)26-25(18(2)3)19-11-12-22-23(15-19)31-14-8-13-30-22/h5-7,9-12,15,18,21,25,28H,4,8,13-14,16-17H2,1-3H3,(H,26,29). The van der Waals surface area contributed by atoms with Crippen LogP contribution in [0.4, 0.5) is 5.69 Å². The van der Waals surface area contributed by atoms with Gasteiger partial charge in [0, 0.05) is 18.7 Å². The van der Waals surface area contributed by atoms with Crippen LogP contribution in [0.15, 0.2) is 48.5 Å². The minimum absolute atomic E-state index is 0.0852. The van der Waals surface area contributed by atoms with Gasteiger partial charge in [0.05, 0.1) is 31.9 Å². The van der Waals surface area contributed by atoms with Crippen LogP contribution in [0, 0.1) is 5.92 Å². The molecule has 2 aromatic carbocycles. The van der Waals surface area contributed by atoms with Crippen LogP contribution < -0.4 is 19.7 Å². The lowest BCUT2D eigenvalue weighted by Gasteiger charge is -2.29. The molecule has 0 spiro atoms. The van der Waals surface area contributed by atoms with E-state index in [2.05, 4.69) is 19.2 Å². The monoisotopic (exact) mass is 426 g/mol. The lowest BCUT2D eigenvalue weighted by molar-refractivity contribution is -0.120. The van der Waals surface area contributed by atoms with Gasteiger partial charge in [0.2, 0.25) is 5.91 Å². The van der Waals surface area contributed by atoms with Gasteiger partial charge in [-0.3, -0.25) is 4.79 Å². The van der Waals surface area contributed by atoms with Crippen LogP contribution in [-0.4, -0.2) is 43.4 Å². The van der Waals surface area contributed by atoms with Gasteiger partial charge in [0.1, 0.15) is 0 Å². The second-order valence-corrected chi connectivity index (χ2v) is 8.32. The first kappa shape index (κ1) is 22.9. The smallest absolute Gasteiger partial charge is 0.240 e. The third-order valence-electron chi connectivity index (χ3n) is 5.47. The fourth-order valence-electron chi connectivity index (χ4n) is 3.68. The van der Waals surface area contributed by atoms with E-state index >= 15 is 0 Å². The van der Waals surface area contributed by atoms with Crippen LogP contribution in [0.3, 0.4) is 0 Å². The van der Waals surface area contributed by atoms with Crippen molar-refractivity contribution >= 4 is 11.6 Å². The highest BCUT2D eigenvalue weighted by atomic mass is 16.5. The second kappa shape index (κ2) is 11.0. The SMILES string of the molecule is CCC(O)CN(CC(=O)NC(c1ccc2c(c1)OCCCO2)C(C)C)c1ccccc1. The summed E-state index contributed by atoms with van der Waals surface area (Å²) in [5.74, 6) is 1.59. The van der Waals surface area contributed by atoms with Crippen molar-refractivity contribution in [2.24, 2.45) is 5.92 Å². The average Bonchev–Trinajstić information content (AvgIpc) is 3.02. The molecule has 2 atom stereocenters. The van der Waals surface area contributed by atoms with Crippen molar-refractivity contribution in [2.45, 2.75) is 45.8 Å². The number of para-hydroxylation sites is 1. The van der Waals surface area contributed by atoms with Crippen molar-refractivity contribution in [3.8, 4) is 11.5 Å². The fraction of sp³-hybridized carbons (Fsp3) is 0.480. The Labute approximate surface area is 185 Å². The molecule has 0 saturated carbocycles. The van der Waals surface area contributed by atoms with E-state index in [1.807, 2.05) is 60.4 Å². The molecule has 3 rings (SSSR count). The van der Waals surface area contributed by atoms with Gasteiger partial charge in [0.25, 0.3) is 0 Å². The van der Waals surface area contributed by atoms with E-state index in [-0.39, 0.29) is 24.4 Å². The van der Waals surface area contributed by atoms with Crippen LogP contribution >= 0.6 is 0 Å². The van der Waals surface area contributed by atoms with E-state index in [9.17, 15) is 9.90 Å². The zero-order valence-electron chi connectivity index (χ0n) is 18.7. The molecule has 168 valence electrons. The summed E-state index contributed by atoms with van der Waals surface area (Å²) in [6, 6.07) is 15.5. The first-order chi connectivity index (χ1) is 15.0. The predicted molar refractivity (Wildman–Crippen MR) is 123 cm³/mol. The Balaban J connectivity index is 1.74. The molecule has 0 fully saturated rings. The van der Waals surface area contributed by atoms with Crippen molar-refractivity contribution in [3.63, 3.8) is 0 Å². The summed E-state index contributed by atoms with van der Waals surface area (Å²) in [6.45, 7) is 7.97. The number of rotatable bonds is 9. The highest BCUT2D eigenvalue weighted by Crippen LogP contribution is 2.34. The number of nitrogens with one attached hydrogen (secondary N) is 1. The molecular weight excluding hydrogens is 392 g/mol. The second-order valence-electron chi connectivity index (χ2n) is 8.32. The number of amides is 1. The molecule has 0 radical (unpaired) electrons. The normalized spacial score (nSPS) is 15.1. The molecule has 1 aliphatic heterocycles. The van der Waals surface area contributed by atoms with E-state index in [0.717, 1.165) is 29.2 Å². The minimum atomic E-state index is -0.490. The maximum Gasteiger partial charge on any atom is 0.240 e. The van der Waals surface area contributed by atoms with E-state index in [1.165, 1.54) is 0 Å². The van der Waals surface area contributed by atoms with Gasteiger partial charge in [-0.05, 0) is 42.2 Å². The summed E-state index contributed by atoms with van der Waals surface area (Å²) in [5.41, 5.74) is 1.91. The van der Waals surface area contributed by atoms with Crippen molar-refractivity contribution in [1.29, 1.82) is 0 Å². The van der Waals surface area contributed by atoms with E-state index in [4.69, 9.17) is 9.47 Å². The summed E-state index contributed by atoms with van der Waals surface area (Å²) in [7, 11) is 0. The van der Waals surface area contributed by atoms with Gasteiger partial charge < -0.3 is 24.8 Å². The number of hydrogen-bond acceptors (Lipinski definition) is 5. The summed E-state index contributed by atoms with van der Waals surface area (Å²) in [5, 5.41) is 13.4. The first-order valence-electron chi connectivity index (χ1n) is 11.1. The Morgan fingerprint density at radius 3 is 2.48 bits per heavy atom. The molecule has 31 heavy (non-hydrogen) atoms. The maximum atomic E-state index is 13.0. The van der Waals surface area contributed by atoms with Gasteiger partial charge in [-0.2, -0.15) is 0 Å². The average molecular weight is 427 g/mol. The number of benzene rings is 2. The molecule has 6 heteroatoms. The highest BCUT2D eigenvalue weighted by Gasteiger charge is 2.23. The number of fused-ring (bicyclic) bond motifs is 1. The first-order valence-corrected chi connectivity index (χ1v) is 11.1. The number of anilines is 1. The molecule has 1 aliphatic rings. The molecule has 0 aromatic heterocycles. The Morgan fingerprint density at radius 1 is 1.10 bits per heavy atom. The number of hydrogen-bond donors (Lipinski definition) is 2. The van der Waals surface area contributed by atoms with Crippen molar-refractivity contribution in [1.82, 2.24) is 5.32 Å². The van der Waals surface area contributed by atoms with E-state index in [0.29, 0.717) is 26.2 Å². The zero-order chi connectivity index (χ0) is 22.2. The molecule has 1 heterocycles. The summed E-state index contributed by atoms with van der Waals surface area (Å²) < 4.78 is 11.6. The number of aliphatic hydroxyl groups is 1. The van der Waals surface area contributed by atoms with Crippen molar-refractivity contribution in [2.75, 3.05) is 31.2 Å². The van der Waals surface area contributed by atoms with Crippen molar-refractivity contribution in [3.05, 3.63) is 54.1 Å². The summed E-state index contributed by atoms with van der Waals surface area (Å²) in [6.07, 6.45) is 1.000. The van der Waals surface area contributed by atoms with Crippen molar-refractivity contribution < 1.29 is 19.4 Å². The summed E-state index contributed by atoms with van der Waals surface area (Å²) in [4.78, 5) is 15.0. The van der Waals surface area contributed by atoms with Crippen LogP contribution in [0.5, 0.6) is 11.5 Å². The molecular formula is C25H34N2O4. The van der Waals surface area contributed by atoms with Gasteiger partial charge in [0.15, 0.2) is 11.5 Å². The van der Waals surface area contributed by atoms with Gasteiger partial charge in [-0.1, -0.05) is 45.0 Å². The third-order valence-corrected chi connectivity index (χ3v) is 5.47. The number of carbonyl (C=O) groups is 1. The molecule has 0 bridgehead atoms. The van der Waals surface area contributed by atoms with Crippen LogP contribution in [0.25, 0.3) is 0 Å². The van der Waals surface area contributed by atoms with E-state index in [1.54, 1.807) is 0 Å². The zero-order valence-corrected chi connectivity index (χ0v) is 18.7. The molecule has 1 amide bonds. The van der Waals surface area contributed by atoms with E-state index < -0.39 is 6.10 Å². The topological polar surface area (TPSA) is 71.0 Å². The third kappa shape index (κ3) is 6.37. The number of nitrogens with zero attached hydrogens (tertiary/aromatic N) is 1. The quantitative estimate of drug-likeness (QED) is 0.636. The van der Waals surface area contributed by atoms with Crippen LogP contribution in [-0.2, 0) is 4.79 Å². The van der Waals surface area contributed by atoms with Gasteiger partial charge in [-0.15, -0.1) is 0 Å². The lowest BCUT2D eigenvalue weighted by atomic mass is 9.95. The number of aliphatic hydroxyl groups excluding tert-OH is 1. The van der Waals surface area contributed by atoms with Crippen LogP contribution in [0.1, 0.15) is 45.2 Å². The summed E-state index contributed by atoms with van der Waals surface area (Å²) >= 11 is 0. The lowest BCUT2D eigenvalue weighted by Crippen LogP contribution is -2.43.